The first-order valence-corrected chi connectivity index (χ1v) is 8.66. The Labute approximate surface area is 141 Å². The molecule has 3 rings (SSSR count). The molecule has 1 N–H and O–H groups in total. The number of aromatic amines is 1. The molecular weight excluding hydrogens is 304 g/mol. The van der Waals surface area contributed by atoms with Crippen LogP contribution in [0.25, 0.3) is 10.9 Å². The van der Waals surface area contributed by atoms with Crippen LogP contribution in [-0.4, -0.2) is 58.0 Å². The molecule has 0 bridgehead atoms. The summed E-state index contributed by atoms with van der Waals surface area (Å²) in [5.74, 6) is 0.252. The van der Waals surface area contributed by atoms with E-state index in [9.17, 15) is 9.59 Å². The molecule has 2 aromatic rings. The fourth-order valence-electron chi connectivity index (χ4n) is 3.30. The molecule has 0 spiro atoms. The normalized spacial score (nSPS) is 15.3. The summed E-state index contributed by atoms with van der Waals surface area (Å²) in [6, 6.07) is 7.63. The molecule has 2 amide bonds. The highest BCUT2D eigenvalue weighted by Crippen LogP contribution is 2.19. The molecule has 0 radical (unpaired) electrons. The van der Waals surface area contributed by atoms with Crippen molar-refractivity contribution in [2.24, 2.45) is 5.92 Å². The van der Waals surface area contributed by atoms with Crippen molar-refractivity contribution >= 4 is 22.7 Å². The van der Waals surface area contributed by atoms with E-state index in [1.54, 1.807) is 4.90 Å². The van der Waals surface area contributed by atoms with Gasteiger partial charge in [0, 0.05) is 37.5 Å². The number of aromatic nitrogens is 2. The third-order valence-electron chi connectivity index (χ3n) is 4.89. The Morgan fingerprint density at radius 2 is 1.71 bits per heavy atom. The Kier molecular flexibility index (Phi) is 4.83. The molecule has 1 aromatic carbocycles. The predicted octanol–water partition coefficient (Wildman–Crippen LogP) is 2.28. The fraction of sp³-hybridized carbons (Fsp3) is 0.500. The average Bonchev–Trinajstić information content (AvgIpc) is 3.06. The van der Waals surface area contributed by atoms with Gasteiger partial charge in [0.1, 0.15) is 0 Å². The number of hydrogen-bond acceptors (Lipinski definition) is 3. The third-order valence-corrected chi connectivity index (χ3v) is 4.89. The lowest BCUT2D eigenvalue weighted by Gasteiger charge is -2.36. The Morgan fingerprint density at radius 1 is 1.08 bits per heavy atom. The number of H-pyrrole nitrogens is 1. The van der Waals surface area contributed by atoms with Gasteiger partial charge in [-0.3, -0.25) is 14.7 Å². The van der Waals surface area contributed by atoms with Gasteiger partial charge in [-0.2, -0.15) is 5.10 Å². The van der Waals surface area contributed by atoms with Crippen molar-refractivity contribution in [3.05, 3.63) is 30.0 Å². The Hall–Kier alpha value is -2.37. The van der Waals surface area contributed by atoms with Crippen LogP contribution in [-0.2, 0) is 4.79 Å². The van der Waals surface area contributed by atoms with Crippen LogP contribution >= 0.6 is 0 Å². The minimum absolute atomic E-state index is 0.0675. The molecule has 24 heavy (non-hydrogen) atoms. The van der Waals surface area contributed by atoms with Gasteiger partial charge in [-0.05, 0) is 18.9 Å². The number of rotatable bonds is 4. The first-order chi connectivity index (χ1) is 11.7. The summed E-state index contributed by atoms with van der Waals surface area (Å²) in [7, 11) is 0. The lowest BCUT2D eigenvalue weighted by molar-refractivity contribution is -0.137. The zero-order chi connectivity index (χ0) is 17.1. The largest absolute Gasteiger partial charge is 0.339 e. The summed E-state index contributed by atoms with van der Waals surface area (Å²) in [6.07, 6.45) is 1.74. The van der Waals surface area contributed by atoms with E-state index in [-0.39, 0.29) is 17.7 Å². The number of para-hydroxylation sites is 1. The van der Waals surface area contributed by atoms with Crippen molar-refractivity contribution in [2.75, 3.05) is 26.2 Å². The zero-order valence-electron chi connectivity index (χ0n) is 14.3. The first kappa shape index (κ1) is 16.5. The summed E-state index contributed by atoms with van der Waals surface area (Å²) in [5, 5.41) is 7.93. The van der Waals surface area contributed by atoms with Crippen LogP contribution < -0.4 is 0 Å². The quantitative estimate of drug-likeness (QED) is 0.936. The number of benzene rings is 1. The summed E-state index contributed by atoms with van der Waals surface area (Å²) < 4.78 is 0. The highest BCUT2D eigenvalue weighted by Gasteiger charge is 2.29. The maximum Gasteiger partial charge on any atom is 0.275 e. The van der Waals surface area contributed by atoms with E-state index in [0.717, 1.165) is 23.7 Å². The van der Waals surface area contributed by atoms with E-state index < -0.39 is 0 Å². The van der Waals surface area contributed by atoms with Crippen LogP contribution in [0.5, 0.6) is 0 Å². The van der Waals surface area contributed by atoms with Gasteiger partial charge in [0.15, 0.2) is 5.69 Å². The van der Waals surface area contributed by atoms with Gasteiger partial charge >= 0.3 is 0 Å². The second kappa shape index (κ2) is 7.03. The second-order valence-corrected chi connectivity index (χ2v) is 6.25. The number of nitrogens with zero attached hydrogens (tertiary/aromatic N) is 3. The van der Waals surface area contributed by atoms with Gasteiger partial charge in [-0.15, -0.1) is 0 Å². The maximum atomic E-state index is 12.7. The number of piperazine rings is 1. The minimum Gasteiger partial charge on any atom is -0.339 e. The summed E-state index contributed by atoms with van der Waals surface area (Å²) in [5.41, 5.74) is 1.33. The lowest BCUT2D eigenvalue weighted by atomic mass is 10.0. The molecule has 0 unspecified atom stereocenters. The Morgan fingerprint density at radius 3 is 2.38 bits per heavy atom. The third kappa shape index (κ3) is 3.00. The lowest BCUT2D eigenvalue weighted by Crippen LogP contribution is -2.52. The Bertz CT molecular complexity index is 727. The highest BCUT2D eigenvalue weighted by atomic mass is 16.2. The second-order valence-electron chi connectivity index (χ2n) is 6.25. The molecule has 0 atom stereocenters. The number of hydrogen-bond donors (Lipinski definition) is 1. The standard InChI is InChI=1S/C18H24N4O2/c1-3-13(4-2)17(23)21-9-11-22(12-10-21)18(24)16-14-7-5-6-8-15(14)19-20-16/h5-8,13H,3-4,9-12H2,1-2H3,(H,19,20). The van der Waals surface area contributed by atoms with Crippen molar-refractivity contribution in [3.63, 3.8) is 0 Å². The summed E-state index contributed by atoms with van der Waals surface area (Å²) in [6.45, 7) is 6.42. The van der Waals surface area contributed by atoms with Crippen LogP contribution in [0, 0.1) is 5.92 Å². The van der Waals surface area contributed by atoms with Crippen molar-refractivity contribution in [1.29, 1.82) is 0 Å². The molecule has 0 saturated carbocycles. The number of amides is 2. The smallest absolute Gasteiger partial charge is 0.275 e. The molecule has 0 aliphatic carbocycles. The minimum atomic E-state index is -0.0675. The van der Waals surface area contributed by atoms with Crippen LogP contribution in [0.3, 0.4) is 0 Å². The van der Waals surface area contributed by atoms with Gasteiger partial charge in [-0.1, -0.05) is 32.0 Å². The number of fused-ring (bicyclic) bond motifs is 1. The van der Waals surface area contributed by atoms with E-state index in [4.69, 9.17) is 0 Å². The van der Waals surface area contributed by atoms with Crippen LogP contribution in [0.2, 0.25) is 0 Å². The molecule has 128 valence electrons. The fourth-order valence-corrected chi connectivity index (χ4v) is 3.30. The molecule has 1 aliphatic heterocycles. The average molecular weight is 328 g/mol. The number of carbonyl (C=O) groups is 2. The van der Waals surface area contributed by atoms with Crippen molar-refractivity contribution < 1.29 is 9.59 Å². The molecular formula is C18H24N4O2. The van der Waals surface area contributed by atoms with Crippen molar-refractivity contribution in [1.82, 2.24) is 20.0 Å². The SMILES string of the molecule is CCC(CC)C(=O)N1CCN(C(=O)c2n[nH]c3ccccc23)CC1. The number of nitrogens with one attached hydrogen (secondary N) is 1. The molecule has 6 heteroatoms. The van der Waals surface area contributed by atoms with E-state index in [1.165, 1.54) is 0 Å². The van der Waals surface area contributed by atoms with Gasteiger partial charge in [0.25, 0.3) is 5.91 Å². The molecule has 1 aliphatic rings. The first-order valence-electron chi connectivity index (χ1n) is 8.66. The monoisotopic (exact) mass is 328 g/mol. The number of carbonyl (C=O) groups excluding carboxylic acids is 2. The van der Waals surface area contributed by atoms with E-state index in [2.05, 4.69) is 24.0 Å². The molecule has 1 saturated heterocycles. The van der Waals surface area contributed by atoms with E-state index >= 15 is 0 Å². The van der Waals surface area contributed by atoms with Gasteiger partial charge < -0.3 is 9.80 Å². The molecule has 2 heterocycles. The summed E-state index contributed by atoms with van der Waals surface area (Å²) in [4.78, 5) is 28.9. The van der Waals surface area contributed by atoms with Crippen molar-refractivity contribution in [2.45, 2.75) is 26.7 Å². The van der Waals surface area contributed by atoms with Crippen LogP contribution in [0.15, 0.2) is 24.3 Å². The van der Waals surface area contributed by atoms with Gasteiger partial charge in [-0.25, -0.2) is 0 Å². The maximum absolute atomic E-state index is 12.7. The van der Waals surface area contributed by atoms with E-state index in [1.807, 2.05) is 29.2 Å². The van der Waals surface area contributed by atoms with Crippen LogP contribution in [0.1, 0.15) is 37.2 Å². The topological polar surface area (TPSA) is 69.3 Å². The van der Waals surface area contributed by atoms with E-state index in [0.29, 0.717) is 31.9 Å². The molecule has 1 aromatic heterocycles. The highest BCUT2D eigenvalue weighted by molar-refractivity contribution is 6.04. The van der Waals surface area contributed by atoms with Crippen molar-refractivity contribution in [3.8, 4) is 0 Å². The Balaban J connectivity index is 1.66. The molecule has 1 fully saturated rings. The zero-order valence-corrected chi connectivity index (χ0v) is 14.3. The van der Waals surface area contributed by atoms with Gasteiger partial charge in [0.05, 0.1) is 5.52 Å². The summed E-state index contributed by atoms with van der Waals surface area (Å²) >= 11 is 0. The molecule has 6 nitrogen and oxygen atoms in total. The predicted molar refractivity (Wildman–Crippen MR) is 92.6 cm³/mol. The van der Waals surface area contributed by atoms with Crippen LogP contribution in [0.4, 0.5) is 0 Å². The van der Waals surface area contributed by atoms with Gasteiger partial charge in [0.2, 0.25) is 5.91 Å².